The Balaban J connectivity index is 1.85. The second kappa shape index (κ2) is 5.37. The van der Waals surface area contributed by atoms with Crippen LogP contribution in [0.1, 0.15) is 40.3 Å². The normalized spacial score (nSPS) is 17.7. The van der Waals surface area contributed by atoms with Crippen LogP contribution in [-0.4, -0.2) is 21.9 Å². The van der Waals surface area contributed by atoms with Gasteiger partial charge in [-0.2, -0.15) is 0 Å². The zero-order valence-electron chi connectivity index (χ0n) is 12.5. The lowest BCUT2D eigenvalue weighted by Gasteiger charge is -2.35. The van der Waals surface area contributed by atoms with Crippen molar-refractivity contribution in [2.75, 3.05) is 6.54 Å². The monoisotopic (exact) mass is 283 g/mol. The molecule has 4 nitrogen and oxygen atoms in total. The van der Waals surface area contributed by atoms with Crippen molar-refractivity contribution in [2.45, 2.75) is 33.0 Å². The predicted octanol–water partition coefficient (Wildman–Crippen LogP) is 2.47. The van der Waals surface area contributed by atoms with Crippen LogP contribution in [0, 0.1) is 6.92 Å². The van der Waals surface area contributed by atoms with E-state index in [9.17, 15) is 4.79 Å². The smallest absolute Gasteiger partial charge is 0.254 e. The highest BCUT2D eigenvalue weighted by molar-refractivity contribution is 5.94. The third-order valence-electron chi connectivity index (χ3n) is 4.39. The summed E-state index contributed by atoms with van der Waals surface area (Å²) in [5.74, 6) is 0.0937. The topological polar surface area (TPSA) is 51.3 Å². The molecular weight excluding hydrogens is 262 g/mol. The Bertz CT molecular complexity index is 657. The largest absolute Gasteiger partial charge is 0.345 e. The fourth-order valence-electron chi connectivity index (χ4n) is 3.05. The summed E-state index contributed by atoms with van der Waals surface area (Å²) in [6, 6.07) is 11.9. The first-order valence-corrected chi connectivity index (χ1v) is 7.38. The molecule has 0 bridgehead atoms. The minimum absolute atomic E-state index is 0.0937. The number of nitrogens with two attached hydrogens (primary N) is 1. The lowest BCUT2D eigenvalue weighted by Crippen LogP contribution is -2.41. The summed E-state index contributed by atoms with van der Waals surface area (Å²) in [5.41, 5.74) is 9.85. The zero-order chi connectivity index (χ0) is 15.0. The Hall–Kier alpha value is -2.07. The molecule has 1 amide bonds. The van der Waals surface area contributed by atoms with Gasteiger partial charge in [-0.25, -0.2) is 0 Å². The molecule has 2 aromatic rings. The van der Waals surface area contributed by atoms with E-state index in [0.29, 0.717) is 6.54 Å². The fraction of sp³-hybridized carbons (Fsp3) is 0.353. The molecule has 0 spiro atoms. The van der Waals surface area contributed by atoms with Crippen molar-refractivity contribution in [1.82, 2.24) is 9.47 Å². The first-order valence-electron chi connectivity index (χ1n) is 7.38. The van der Waals surface area contributed by atoms with Gasteiger partial charge in [-0.15, -0.1) is 0 Å². The molecule has 1 aliphatic rings. The average Bonchev–Trinajstić information content (AvgIpc) is 2.89. The van der Waals surface area contributed by atoms with Gasteiger partial charge in [-0.1, -0.05) is 12.1 Å². The van der Waals surface area contributed by atoms with E-state index in [1.54, 1.807) is 0 Å². The van der Waals surface area contributed by atoms with Gasteiger partial charge in [0.05, 0.1) is 6.04 Å². The number of aromatic nitrogens is 1. The van der Waals surface area contributed by atoms with Crippen molar-refractivity contribution in [3.05, 3.63) is 58.9 Å². The van der Waals surface area contributed by atoms with Gasteiger partial charge in [0, 0.05) is 36.6 Å². The Morgan fingerprint density at radius 2 is 1.90 bits per heavy atom. The van der Waals surface area contributed by atoms with E-state index in [1.165, 1.54) is 11.4 Å². The molecule has 21 heavy (non-hydrogen) atoms. The fourth-order valence-corrected chi connectivity index (χ4v) is 3.05. The van der Waals surface area contributed by atoms with E-state index in [0.717, 1.165) is 24.2 Å². The number of benzene rings is 1. The third kappa shape index (κ3) is 2.36. The van der Waals surface area contributed by atoms with E-state index in [1.807, 2.05) is 29.2 Å². The van der Waals surface area contributed by atoms with Gasteiger partial charge >= 0.3 is 0 Å². The van der Waals surface area contributed by atoms with Gasteiger partial charge < -0.3 is 15.2 Å². The number of hydrogen-bond donors (Lipinski definition) is 1. The minimum Gasteiger partial charge on any atom is -0.345 e. The molecule has 1 unspecified atom stereocenters. The number of aryl methyl sites for hydroxylation is 1. The molecule has 3 rings (SSSR count). The van der Waals surface area contributed by atoms with E-state index >= 15 is 0 Å². The summed E-state index contributed by atoms with van der Waals surface area (Å²) in [6.07, 6.45) is 0. The number of amides is 1. The quantitative estimate of drug-likeness (QED) is 0.920. The maximum atomic E-state index is 12.7. The van der Waals surface area contributed by atoms with Gasteiger partial charge in [0.15, 0.2) is 0 Å². The van der Waals surface area contributed by atoms with Crippen LogP contribution < -0.4 is 5.73 Å². The zero-order valence-corrected chi connectivity index (χ0v) is 12.5. The molecule has 0 fully saturated rings. The van der Waals surface area contributed by atoms with Gasteiger partial charge in [0.25, 0.3) is 5.91 Å². The highest BCUT2D eigenvalue weighted by atomic mass is 16.2. The van der Waals surface area contributed by atoms with Crippen LogP contribution in [0.3, 0.4) is 0 Å². The molecule has 1 aromatic carbocycles. The highest BCUT2D eigenvalue weighted by Gasteiger charge is 2.28. The molecule has 0 saturated heterocycles. The number of nitrogens with zero attached hydrogens (tertiary/aromatic N) is 2. The number of rotatable bonds is 2. The number of hydrogen-bond acceptors (Lipinski definition) is 2. The Morgan fingerprint density at radius 3 is 2.57 bits per heavy atom. The van der Waals surface area contributed by atoms with Crippen LogP contribution in [-0.2, 0) is 13.1 Å². The van der Waals surface area contributed by atoms with Crippen molar-refractivity contribution in [2.24, 2.45) is 5.73 Å². The summed E-state index contributed by atoms with van der Waals surface area (Å²) in [7, 11) is 0. The molecule has 1 aromatic heterocycles. The van der Waals surface area contributed by atoms with Crippen LogP contribution in [0.5, 0.6) is 0 Å². The molecule has 4 heteroatoms. The van der Waals surface area contributed by atoms with Crippen molar-refractivity contribution < 1.29 is 4.79 Å². The van der Waals surface area contributed by atoms with Crippen molar-refractivity contribution in [1.29, 1.82) is 0 Å². The van der Waals surface area contributed by atoms with Crippen LogP contribution in [0.25, 0.3) is 0 Å². The summed E-state index contributed by atoms with van der Waals surface area (Å²) in [4.78, 5) is 14.7. The van der Waals surface area contributed by atoms with Crippen molar-refractivity contribution >= 4 is 5.91 Å². The van der Waals surface area contributed by atoms with E-state index in [2.05, 4.69) is 30.5 Å². The summed E-state index contributed by atoms with van der Waals surface area (Å²) < 4.78 is 2.30. The van der Waals surface area contributed by atoms with E-state index < -0.39 is 0 Å². The first kappa shape index (κ1) is 13.9. The number of carbonyl (C=O) groups excluding carboxylic acids is 1. The lowest BCUT2D eigenvalue weighted by molar-refractivity contribution is 0.0643. The highest BCUT2D eigenvalue weighted by Crippen LogP contribution is 2.28. The molecule has 2 heterocycles. The van der Waals surface area contributed by atoms with E-state index in [4.69, 9.17) is 5.73 Å². The molecule has 1 atom stereocenters. The Morgan fingerprint density at radius 1 is 1.19 bits per heavy atom. The summed E-state index contributed by atoms with van der Waals surface area (Å²) >= 11 is 0. The molecular formula is C17H21N3O. The summed E-state index contributed by atoms with van der Waals surface area (Å²) in [5, 5.41) is 0. The van der Waals surface area contributed by atoms with Crippen LogP contribution in [0.15, 0.2) is 36.4 Å². The van der Waals surface area contributed by atoms with Gasteiger partial charge in [0.1, 0.15) is 0 Å². The number of carbonyl (C=O) groups is 1. The molecule has 0 saturated carbocycles. The minimum atomic E-state index is 0.0937. The molecule has 0 aliphatic carbocycles. The lowest BCUT2D eigenvalue weighted by atomic mass is 10.1. The second-order valence-electron chi connectivity index (χ2n) is 5.63. The molecule has 1 aliphatic heterocycles. The standard InChI is InChI=1S/C17H21N3O/c1-12-3-8-16-13(2)20(10-9-19(12)16)17(21)15-6-4-14(11-18)5-7-15/h3-8,13H,9-11,18H2,1-2H3. The second-order valence-corrected chi connectivity index (χ2v) is 5.63. The Kier molecular flexibility index (Phi) is 3.55. The molecule has 0 radical (unpaired) electrons. The van der Waals surface area contributed by atoms with E-state index in [-0.39, 0.29) is 11.9 Å². The molecule has 110 valence electrons. The van der Waals surface area contributed by atoms with Crippen molar-refractivity contribution in [3.8, 4) is 0 Å². The maximum Gasteiger partial charge on any atom is 0.254 e. The summed E-state index contributed by atoms with van der Waals surface area (Å²) in [6.45, 7) is 6.32. The van der Waals surface area contributed by atoms with Crippen LogP contribution >= 0.6 is 0 Å². The van der Waals surface area contributed by atoms with Crippen LogP contribution in [0.2, 0.25) is 0 Å². The van der Waals surface area contributed by atoms with Crippen molar-refractivity contribution in [3.63, 3.8) is 0 Å². The average molecular weight is 283 g/mol. The SMILES string of the molecule is Cc1ccc2n1CCN(C(=O)c1ccc(CN)cc1)C2C. The van der Waals surface area contributed by atoms with Crippen LogP contribution in [0.4, 0.5) is 0 Å². The number of fused-ring (bicyclic) bond motifs is 1. The third-order valence-corrected chi connectivity index (χ3v) is 4.39. The maximum absolute atomic E-state index is 12.7. The first-order chi connectivity index (χ1) is 10.1. The Labute approximate surface area is 125 Å². The predicted molar refractivity (Wildman–Crippen MR) is 83.0 cm³/mol. The molecule has 2 N–H and O–H groups in total. The van der Waals surface area contributed by atoms with Gasteiger partial charge in [-0.3, -0.25) is 4.79 Å². The van der Waals surface area contributed by atoms with Gasteiger partial charge in [0.2, 0.25) is 0 Å². The van der Waals surface area contributed by atoms with Gasteiger partial charge in [-0.05, 0) is 43.7 Å².